The Kier molecular flexibility index (Phi) is 5.07. The number of ether oxygens (including phenoxy) is 1. The molecular formula is C19H18OS. The Labute approximate surface area is 132 Å². The van der Waals surface area contributed by atoms with Crippen molar-refractivity contribution in [2.45, 2.75) is 0 Å². The summed E-state index contributed by atoms with van der Waals surface area (Å²) >= 11 is 0. The first-order chi connectivity index (χ1) is 9.86. The molecule has 3 rings (SSSR count). The standard InChI is InChI=1S/C19H16O.H2S/c1-20-19-13-11-18(12-14-19)17-9-7-16(8-10-17)15-5-3-2-4-6-15;/h2-14H,1H3;1H2. The van der Waals surface area contributed by atoms with Crippen molar-refractivity contribution in [3.05, 3.63) is 78.9 Å². The molecule has 0 fully saturated rings. The first-order valence-electron chi connectivity index (χ1n) is 6.67. The van der Waals surface area contributed by atoms with Crippen LogP contribution in [0.4, 0.5) is 0 Å². The first kappa shape index (κ1) is 15.2. The maximum atomic E-state index is 5.18. The number of rotatable bonds is 3. The summed E-state index contributed by atoms with van der Waals surface area (Å²) in [5, 5.41) is 0. The molecule has 21 heavy (non-hydrogen) atoms. The molecule has 106 valence electrons. The Bertz CT molecular complexity index is 673. The second kappa shape index (κ2) is 7.00. The molecule has 0 unspecified atom stereocenters. The smallest absolute Gasteiger partial charge is 0.118 e. The highest BCUT2D eigenvalue weighted by Crippen LogP contribution is 2.26. The molecule has 0 radical (unpaired) electrons. The van der Waals surface area contributed by atoms with Crippen LogP contribution in [0.5, 0.6) is 5.75 Å². The quantitative estimate of drug-likeness (QED) is 0.649. The molecule has 0 saturated carbocycles. The molecule has 2 heteroatoms. The van der Waals surface area contributed by atoms with Crippen molar-refractivity contribution in [3.8, 4) is 28.0 Å². The number of methoxy groups -OCH3 is 1. The normalized spacial score (nSPS) is 9.76. The highest BCUT2D eigenvalue weighted by Gasteiger charge is 2.00. The largest absolute Gasteiger partial charge is 0.497 e. The van der Waals surface area contributed by atoms with E-state index in [4.69, 9.17) is 4.74 Å². The van der Waals surface area contributed by atoms with Crippen molar-refractivity contribution in [1.29, 1.82) is 0 Å². The average Bonchev–Trinajstić information content (AvgIpc) is 2.56. The number of hydrogen-bond donors (Lipinski definition) is 0. The van der Waals surface area contributed by atoms with Gasteiger partial charge in [-0.15, -0.1) is 0 Å². The Balaban J connectivity index is 0.00000161. The van der Waals surface area contributed by atoms with Gasteiger partial charge in [0.15, 0.2) is 0 Å². The minimum atomic E-state index is 0. The van der Waals surface area contributed by atoms with E-state index in [0.717, 1.165) is 5.75 Å². The van der Waals surface area contributed by atoms with Crippen molar-refractivity contribution >= 4 is 13.5 Å². The summed E-state index contributed by atoms with van der Waals surface area (Å²) in [5.41, 5.74) is 4.90. The fraction of sp³-hybridized carbons (Fsp3) is 0.0526. The number of benzene rings is 3. The Morgan fingerprint density at radius 1 is 0.524 bits per heavy atom. The Morgan fingerprint density at radius 2 is 0.905 bits per heavy atom. The molecule has 0 saturated heterocycles. The van der Waals surface area contributed by atoms with E-state index >= 15 is 0 Å². The lowest BCUT2D eigenvalue weighted by molar-refractivity contribution is 0.415. The van der Waals surface area contributed by atoms with E-state index in [1.807, 2.05) is 18.2 Å². The van der Waals surface area contributed by atoms with E-state index in [1.54, 1.807) is 7.11 Å². The zero-order chi connectivity index (χ0) is 13.8. The molecule has 0 aromatic heterocycles. The van der Waals surface area contributed by atoms with Crippen LogP contribution in [-0.4, -0.2) is 7.11 Å². The molecule has 0 aliphatic heterocycles. The third-order valence-electron chi connectivity index (χ3n) is 3.42. The van der Waals surface area contributed by atoms with Gasteiger partial charge in [0.25, 0.3) is 0 Å². The molecule has 0 spiro atoms. The van der Waals surface area contributed by atoms with Crippen molar-refractivity contribution < 1.29 is 4.74 Å². The summed E-state index contributed by atoms with van der Waals surface area (Å²) in [6.45, 7) is 0. The first-order valence-corrected chi connectivity index (χ1v) is 6.67. The van der Waals surface area contributed by atoms with Gasteiger partial charge in [-0.05, 0) is 34.4 Å². The van der Waals surface area contributed by atoms with Crippen molar-refractivity contribution in [2.75, 3.05) is 7.11 Å². The summed E-state index contributed by atoms with van der Waals surface area (Å²) in [6, 6.07) is 27.2. The van der Waals surface area contributed by atoms with Crippen LogP contribution in [0.15, 0.2) is 78.9 Å². The van der Waals surface area contributed by atoms with Gasteiger partial charge in [0.2, 0.25) is 0 Å². The predicted molar refractivity (Wildman–Crippen MR) is 94.2 cm³/mol. The van der Waals surface area contributed by atoms with Crippen LogP contribution in [0.2, 0.25) is 0 Å². The van der Waals surface area contributed by atoms with Crippen LogP contribution in [-0.2, 0) is 0 Å². The zero-order valence-electron chi connectivity index (χ0n) is 11.9. The second-order valence-corrected chi connectivity index (χ2v) is 4.67. The van der Waals surface area contributed by atoms with Gasteiger partial charge < -0.3 is 4.74 Å². The highest BCUT2D eigenvalue weighted by atomic mass is 32.1. The van der Waals surface area contributed by atoms with Crippen LogP contribution in [0.3, 0.4) is 0 Å². The van der Waals surface area contributed by atoms with Crippen LogP contribution in [0, 0.1) is 0 Å². The second-order valence-electron chi connectivity index (χ2n) is 4.67. The molecular weight excluding hydrogens is 276 g/mol. The lowest BCUT2D eigenvalue weighted by Gasteiger charge is -2.06. The number of hydrogen-bond acceptors (Lipinski definition) is 1. The third-order valence-corrected chi connectivity index (χ3v) is 3.42. The summed E-state index contributed by atoms with van der Waals surface area (Å²) in [5.74, 6) is 0.884. The fourth-order valence-electron chi connectivity index (χ4n) is 2.27. The Hall–Kier alpha value is -2.19. The van der Waals surface area contributed by atoms with Gasteiger partial charge in [0.05, 0.1) is 7.11 Å². The molecule has 1 nitrogen and oxygen atoms in total. The van der Waals surface area contributed by atoms with Crippen molar-refractivity contribution in [1.82, 2.24) is 0 Å². The molecule has 0 atom stereocenters. The van der Waals surface area contributed by atoms with E-state index in [0.29, 0.717) is 0 Å². The molecule has 0 bridgehead atoms. The van der Waals surface area contributed by atoms with Crippen molar-refractivity contribution in [2.24, 2.45) is 0 Å². The van der Waals surface area contributed by atoms with E-state index in [-0.39, 0.29) is 13.5 Å². The third kappa shape index (κ3) is 3.47. The van der Waals surface area contributed by atoms with Crippen molar-refractivity contribution in [3.63, 3.8) is 0 Å². The predicted octanol–water partition coefficient (Wildman–Crippen LogP) is 5.14. The topological polar surface area (TPSA) is 9.23 Å². The maximum Gasteiger partial charge on any atom is 0.118 e. The molecule has 0 amide bonds. The molecule has 3 aromatic rings. The van der Waals surface area contributed by atoms with Crippen LogP contribution < -0.4 is 4.74 Å². The van der Waals surface area contributed by atoms with Gasteiger partial charge in [-0.25, -0.2) is 0 Å². The van der Waals surface area contributed by atoms with Crippen LogP contribution in [0.25, 0.3) is 22.3 Å². The molecule has 3 aromatic carbocycles. The zero-order valence-corrected chi connectivity index (χ0v) is 12.9. The summed E-state index contributed by atoms with van der Waals surface area (Å²) < 4.78 is 5.18. The van der Waals surface area contributed by atoms with E-state index < -0.39 is 0 Å². The van der Waals surface area contributed by atoms with Gasteiger partial charge >= 0.3 is 0 Å². The summed E-state index contributed by atoms with van der Waals surface area (Å²) in [7, 11) is 1.68. The minimum Gasteiger partial charge on any atom is -0.497 e. The van der Waals surface area contributed by atoms with Gasteiger partial charge in [-0.3, -0.25) is 0 Å². The highest BCUT2D eigenvalue weighted by molar-refractivity contribution is 7.59. The van der Waals surface area contributed by atoms with Gasteiger partial charge in [-0.2, -0.15) is 13.5 Å². The fourth-order valence-corrected chi connectivity index (χ4v) is 2.27. The van der Waals surface area contributed by atoms with Gasteiger partial charge in [-0.1, -0.05) is 66.7 Å². The van der Waals surface area contributed by atoms with Gasteiger partial charge in [0.1, 0.15) is 5.75 Å². The van der Waals surface area contributed by atoms with Gasteiger partial charge in [0, 0.05) is 0 Å². The minimum absolute atomic E-state index is 0. The van der Waals surface area contributed by atoms with E-state index in [1.165, 1.54) is 22.3 Å². The average molecular weight is 294 g/mol. The lowest BCUT2D eigenvalue weighted by Crippen LogP contribution is -1.83. The maximum absolute atomic E-state index is 5.18. The molecule has 0 heterocycles. The summed E-state index contributed by atoms with van der Waals surface area (Å²) in [4.78, 5) is 0. The SMILES string of the molecule is COc1ccc(-c2ccc(-c3ccccc3)cc2)cc1.S. The van der Waals surface area contributed by atoms with Crippen LogP contribution in [0.1, 0.15) is 0 Å². The molecule has 0 aliphatic rings. The molecule has 0 aliphatic carbocycles. The van der Waals surface area contributed by atoms with E-state index in [9.17, 15) is 0 Å². The Morgan fingerprint density at radius 3 is 1.33 bits per heavy atom. The van der Waals surface area contributed by atoms with Crippen LogP contribution >= 0.6 is 13.5 Å². The van der Waals surface area contributed by atoms with E-state index in [2.05, 4.69) is 60.7 Å². The summed E-state index contributed by atoms with van der Waals surface area (Å²) in [6.07, 6.45) is 0. The monoisotopic (exact) mass is 294 g/mol. The lowest BCUT2D eigenvalue weighted by atomic mass is 10.0. The molecule has 0 N–H and O–H groups in total.